The monoisotopic (exact) mass is 668 g/mol. The van der Waals surface area contributed by atoms with Crippen LogP contribution in [0.25, 0.3) is 0 Å². The Bertz CT molecular complexity index is 1770. The second-order valence-corrected chi connectivity index (χ2v) is 16.7. The standard InChI is InChI=1S/C42H52O7/c1-22(2)29-19-28(18-27-15-13-26(14-16-27)17-25-11-9-8-10-12-25)35(44)32-30(29)20-40(6)21-41(7)33(23(3)4)36(45)31(24(5)43)38(47)42(41,49)39(48)34(40)37(32)46/h8-12,19,22-23,26-27,33,44-45,48-49H,13-18,20-21H2,1-7H3/t26?,27?,33?,40-,41-,42+/m1/s1. The molecule has 4 aliphatic carbocycles. The lowest BCUT2D eigenvalue weighted by Gasteiger charge is -2.59. The summed E-state index contributed by atoms with van der Waals surface area (Å²) in [6.07, 6.45) is 6.38. The predicted molar refractivity (Wildman–Crippen MR) is 189 cm³/mol. The van der Waals surface area contributed by atoms with E-state index in [0.29, 0.717) is 30.2 Å². The normalized spacial score (nSPS) is 31.6. The third kappa shape index (κ3) is 5.30. The van der Waals surface area contributed by atoms with Gasteiger partial charge in [-0.3, -0.25) is 14.4 Å². The van der Waals surface area contributed by atoms with Gasteiger partial charge in [0.15, 0.2) is 17.2 Å². The molecule has 1 unspecified atom stereocenters. The van der Waals surface area contributed by atoms with E-state index in [0.717, 1.165) is 50.2 Å². The van der Waals surface area contributed by atoms with E-state index >= 15 is 0 Å². The van der Waals surface area contributed by atoms with Crippen LogP contribution < -0.4 is 0 Å². The van der Waals surface area contributed by atoms with Crippen LogP contribution in [0.15, 0.2) is 59.1 Å². The summed E-state index contributed by atoms with van der Waals surface area (Å²) < 4.78 is 0. The molecule has 0 spiro atoms. The first-order valence-corrected chi connectivity index (χ1v) is 18.1. The molecule has 1 fully saturated rings. The van der Waals surface area contributed by atoms with Crippen molar-refractivity contribution < 1.29 is 34.8 Å². The molecule has 0 aromatic heterocycles. The molecule has 0 radical (unpaired) electrons. The van der Waals surface area contributed by atoms with Crippen molar-refractivity contribution >= 4 is 17.3 Å². The van der Waals surface area contributed by atoms with Gasteiger partial charge in [0.25, 0.3) is 0 Å². The molecule has 0 amide bonds. The largest absolute Gasteiger partial charge is 0.511 e. The third-order valence-corrected chi connectivity index (χ3v) is 12.6. The van der Waals surface area contributed by atoms with Crippen LogP contribution in [0, 0.1) is 34.5 Å². The number of aliphatic hydroxyl groups excluding tert-OH is 2. The van der Waals surface area contributed by atoms with Crippen molar-refractivity contribution in [1.82, 2.24) is 0 Å². The van der Waals surface area contributed by atoms with Crippen molar-refractivity contribution in [3.05, 3.63) is 86.9 Å². The van der Waals surface area contributed by atoms with E-state index in [-0.39, 0.29) is 40.9 Å². The number of aliphatic hydroxyl groups is 3. The molecule has 0 aliphatic heterocycles. The molecular weight excluding hydrogens is 616 g/mol. The quantitative estimate of drug-likeness (QED) is 0.220. The Balaban J connectivity index is 1.40. The number of phenolic OH excluding ortho intramolecular Hbond substituents is 1. The number of rotatable bonds is 7. The van der Waals surface area contributed by atoms with E-state index < -0.39 is 51.0 Å². The Hall–Kier alpha value is -3.71. The average molecular weight is 669 g/mol. The van der Waals surface area contributed by atoms with E-state index in [1.54, 1.807) is 6.92 Å². The number of allylic oxidation sites excluding steroid dienone is 2. The molecule has 2 aromatic rings. The number of hydrogen-bond donors (Lipinski definition) is 4. The van der Waals surface area contributed by atoms with Crippen molar-refractivity contribution in [3.63, 3.8) is 0 Å². The summed E-state index contributed by atoms with van der Waals surface area (Å²) in [7, 11) is 0. The minimum Gasteiger partial charge on any atom is -0.511 e. The molecule has 4 atom stereocenters. The van der Waals surface area contributed by atoms with Gasteiger partial charge in [0.2, 0.25) is 5.78 Å². The zero-order chi connectivity index (χ0) is 35.8. The van der Waals surface area contributed by atoms with Gasteiger partial charge in [0.05, 0.1) is 5.56 Å². The number of Topliss-reactive ketones (excluding diaryl/α,β-unsaturated/α-hetero) is 3. The summed E-state index contributed by atoms with van der Waals surface area (Å²) in [5.74, 6) is -3.75. The van der Waals surface area contributed by atoms with E-state index in [1.807, 2.05) is 26.8 Å². The number of carbonyl (C=O) groups is 3. The molecule has 49 heavy (non-hydrogen) atoms. The predicted octanol–water partition coefficient (Wildman–Crippen LogP) is 8.06. The van der Waals surface area contributed by atoms with Gasteiger partial charge in [-0.2, -0.15) is 0 Å². The SMILES string of the molecule is CC(=O)C1=C(O)C(C(C)C)[C@@]2(C)C[C@@]3(C)Cc4c(C(C)C)cc(CC5CCC(Cc6ccccc6)CC5)c(O)c4C(=O)C3=C(O)[C@@]2(O)C1=O. The van der Waals surface area contributed by atoms with Crippen LogP contribution in [0.4, 0.5) is 0 Å². The lowest BCUT2D eigenvalue weighted by atomic mass is 9.44. The third-order valence-electron chi connectivity index (χ3n) is 12.6. The molecular formula is C42H52O7. The summed E-state index contributed by atoms with van der Waals surface area (Å²) in [4.78, 5) is 41.4. The number of ketones is 3. The Labute approximate surface area is 290 Å². The van der Waals surface area contributed by atoms with Gasteiger partial charge in [-0.05, 0) is 104 Å². The summed E-state index contributed by atoms with van der Waals surface area (Å²) in [6.45, 7) is 12.5. The van der Waals surface area contributed by atoms with Gasteiger partial charge in [0.1, 0.15) is 22.8 Å². The van der Waals surface area contributed by atoms with Crippen molar-refractivity contribution in [2.75, 3.05) is 0 Å². The summed E-state index contributed by atoms with van der Waals surface area (Å²) in [5.41, 5.74) is -1.78. The first-order valence-electron chi connectivity index (χ1n) is 18.1. The van der Waals surface area contributed by atoms with Crippen LogP contribution in [-0.4, -0.2) is 43.4 Å². The molecule has 7 heteroatoms. The molecule has 0 saturated heterocycles. The van der Waals surface area contributed by atoms with Gasteiger partial charge >= 0.3 is 0 Å². The molecule has 2 aromatic carbocycles. The highest BCUT2D eigenvalue weighted by Gasteiger charge is 2.71. The van der Waals surface area contributed by atoms with Crippen molar-refractivity contribution in [3.8, 4) is 5.75 Å². The van der Waals surface area contributed by atoms with Crippen molar-refractivity contribution in [2.24, 2.45) is 34.5 Å². The Morgan fingerprint density at radius 2 is 1.51 bits per heavy atom. The van der Waals surface area contributed by atoms with Crippen molar-refractivity contribution in [2.45, 2.75) is 111 Å². The Morgan fingerprint density at radius 3 is 2.06 bits per heavy atom. The summed E-state index contributed by atoms with van der Waals surface area (Å²) in [6, 6.07) is 12.6. The number of phenols is 1. The van der Waals surface area contributed by atoms with E-state index in [2.05, 4.69) is 44.2 Å². The molecule has 4 N–H and O–H groups in total. The van der Waals surface area contributed by atoms with Crippen LogP contribution in [0.1, 0.15) is 119 Å². The second-order valence-electron chi connectivity index (χ2n) is 16.7. The number of carbonyl (C=O) groups excluding carboxylic acids is 3. The molecule has 6 rings (SSSR count). The highest BCUT2D eigenvalue weighted by molar-refractivity contribution is 6.25. The highest BCUT2D eigenvalue weighted by atomic mass is 16.3. The van der Waals surface area contributed by atoms with E-state index in [4.69, 9.17) is 0 Å². The number of hydrogen-bond acceptors (Lipinski definition) is 7. The summed E-state index contributed by atoms with van der Waals surface area (Å²) in [5, 5.41) is 47.7. The van der Waals surface area contributed by atoms with Gasteiger partial charge in [-0.1, -0.05) is 77.9 Å². The lowest BCUT2D eigenvalue weighted by molar-refractivity contribution is -0.171. The highest BCUT2D eigenvalue weighted by Crippen LogP contribution is 2.65. The van der Waals surface area contributed by atoms with Gasteiger partial charge in [-0.25, -0.2) is 0 Å². The maximum absolute atomic E-state index is 14.7. The van der Waals surface area contributed by atoms with Crippen LogP contribution >= 0.6 is 0 Å². The fourth-order valence-corrected chi connectivity index (χ4v) is 10.5. The smallest absolute Gasteiger partial charge is 0.209 e. The molecule has 0 heterocycles. The Morgan fingerprint density at radius 1 is 0.918 bits per heavy atom. The number of benzene rings is 2. The molecule has 7 nitrogen and oxygen atoms in total. The fourth-order valence-electron chi connectivity index (χ4n) is 10.5. The molecule has 1 saturated carbocycles. The minimum atomic E-state index is -2.61. The fraction of sp³-hybridized carbons (Fsp3) is 0.548. The van der Waals surface area contributed by atoms with E-state index in [9.17, 15) is 34.8 Å². The Kier molecular flexibility index (Phi) is 8.79. The zero-order valence-corrected chi connectivity index (χ0v) is 30.0. The van der Waals surface area contributed by atoms with Crippen LogP contribution in [-0.2, 0) is 28.9 Å². The maximum Gasteiger partial charge on any atom is 0.209 e. The first-order chi connectivity index (χ1) is 23.0. The first kappa shape index (κ1) is 35.1. The van der Waals surface area contributed by atoms with Crippen molar-refractivity contribution in [1.29, 1.82) is 0 Å². The second kappa shape index (κ2) is 12.3. The van der Waals surface area contributed by atoms with Gasteiger partial charge in [-0.15, -0.1) is 0 Å². The van der Waals surface area contributed by atoms with Crippen LogP contribution in [0.5, 0.6) is 5.75 Å². The number of aromatic hydroxyl groups is 1. The average Bonchev–Trinajstić information content (AvgIpc) is 3.01. The molecule has 4 aliphatic rings. The zero-order valence-electron chi connectivity index (χ0n) is 30.0. The lowest BCUT2D eigenvalue weighted by Crippen LogP contribution is -2.67. The van der Waals surface area contributed by atoms with Crippen LogP contribution in [0.3, 0.4) is 0 Å². The topological polar surface area (TPSA) is 132 Å². The molecule has 262 valence electrons. The number of fused-ring (bicyclic) bond motifs is 3. The minimum absolute atomic E-state index is 0.0473. The van der Waals surface area contributed by atoms with Gasteiger partial charge in [0, 0.05) is 22.3 Å². The van der Waals surface area contributed by atoms with E-state index in [1.165, 1.54) is 5.56 Å². The van der Waals surface area contributed by atoms with Gasteiger partial charge < -0.3 is 20.4 Å². The molecule has 0 bridgehead atoms. The maximum atomic E-state index is 14.7. The van der Waals surface area contributed by atoms with Crippen LogP contribution in [0.2, 0.25) is 0 Å². The summed E-state index contributed by atoms with van der Waals surface area (Å²) >= 11 is 0.